The first kappa shape index (κ1) is 19.0. The summed E-state index contributed by atoms with van der Waals surface area (Å²) in [7, 11) is 0. The Morgan fingerprint density at radius 3 is 2.39 bits per heavy atom. The minimum atomic E-state index is -0.00724. The summed E-state index contributed by atoms with van der Waals surface area (Å²) in [6, 6.07) is 8.33. The van der Waals surface area contributed by atoms with E-state index in [1.54, 1.807) is 0 Å². The van der Waals surface area contributed by atoms with Gasteiger partial charge in [0, 0.05) is 13.1 Å². The highest BCUT2D eigenvalue weighted by atomic mass is 16.1. The first-order chi connectivity index (χ1) is 11.2. The normalized spacial score (nSPS) is 11.2. The maximum atomic E-state index is 11.7. The number of benzene rings is 1. The summed E-state index contributed by atoms with van der Waals surface area (Å²) in [6.07, 6.45) is 3.14. The first-order valence-corrected chi connectivity index (χ1v) is 8.50. The Hall–Kier alpha value is -2.04. The van der Waals surface area contributed by atoms with Crippen LogP contribution in [0.1, 0.15) is 44.2 Å². The van der Waals surface area contributed by atoms with Crippen molar-refractivity contribution in [3.05, 3.63) is 35.4 Å². The van der Waals surface area contributed by atoms with Crippen molar-refractivity contribution in [1.29, 1.82) is 0 Å². The predicted octanol–water partition coefficient (Wildman–Crippen LogP) is 2.36. The largest absolute Gasteiger partial charge is 0.356 e. The SMILES string of the molecule is CCCCNC(=NCc1ccc(C)cc1)NCC(=O)NCCC. The van der Waals surface area contributed by atoms with Gasteiger partial charge in [0.05, 0.1) is 13.1 Å². The molecular weight excluding hydrogens is 288 g/mol. The first-order valence-electron chi connectivity index (χ1n) is 8.50. The molecule has 0 aromatic heterocycles. The van der Waals surface area contributed by atoms with Crippen LogP contribution in [0.2, 0.25) is 0 Å². The minimum Gasteiger partial charge on any atom is -0.356 e. The molecule has 0 atom stereocenters. The van der Waals surface area contributed by atoms with E-state index < -0.39 is 0 Å². The number of guanidine groups is 1. The van der Waals surface area contributed by atoms with Gasteiger partial charge >= 0.3 is 0 Å². The van der Waals surface area contributed by atoms with Gasteiger partial charge in [-0.15, -0.1) is 0 Å². The maximum absolute atomic E-state index is 11.7. The zero-order chi connectivity index (χ0) is 16.9. The van der Waals surface area contributed by atoms with Crippen molar-refractivity contribution < 1.29 is 4.79 Å². The Labute approximate surface area is 140 Å². The molecule has 0 heterocycles. The van der Waals surface area contributed by atoms with E-state index >= 15 is 0 Å². The van der Waals surface area contributed by atoms with Gasteiger partial charge in [0.15, 0.2) is 5.96 Å². The number of carbonyl (C=O) groups is 1. The van der Waals surface area contributed by atoms with E-state index in [-0.39, 0.29) is 12.5 Å². The van der Waals surface area contributed by atoms with Crippen LogP contribution >= 0.6 is 0 Å². The predicted molar refractivity (Wildman–Crippen MR) is 96.5 cm³/mol. The lowest BCUT2D eigenvalue weighted by molar-refractivity contribution is -0.120. The fraction of sp³-hybridized carbons (Fsp3) is 0.556. The second-order valence-electron chi connectivity index (χ2n) is 5.63. The Bertz CT molecular complexity index is 482. The molecule has 1 amide bonds. The number of aliphatic imine (C=N–C) groups is 1. The molecule has 0 saturated carbocycles. The number of hydrogen-bond acceptors (Lipinski definition) is 2. The van der Waals surface area contributed by atoms with E-state index in [1.165, 1.54) is 5.56 Å². The van der Waals surface area contributed by atoms with E-state index in [0.29, 0.717) is 19.0 Å². The van der Waals surface area contributed by atoms with Crippen LogP contribution in [0.25, 0.3) is 0 Å². The lowest BCUT2D eigenvalue weighted by Crippen LogP contribution is -2.43. The Kier molecular flexibility index (Phi) is 9.52. The second kappa shape index (κ2) is 11.5. The van der Waals surface area contributed by atoms with Crippen LogP contribution in [0.4, 0.5) is 0 Å². The van der Waals surface area contributed by atoms with E-state index in [9.17, 15) is 4.79 Å². The molecule has 0 fully saturated rings. The number of rotatable bonds is 9. The van der Waals surface area contributed by atoms with Crippen molar-refractivity contribution >= 4 is 11.9 Å². The molecule has 0 saturated heterocycles. The zero-order valence-electron chi connectivity index (χ0n) is 14.6. The molecule has 128 valence electrons. The average molecular weight is 318 g/mol. The van der Waals surface area contributed by atoms with Crippen LogP contribution < -0.4 is 16.0 Å². The fourth-order valence-corrected chi connectivity index (χ4v) is 1.91. The molecule has 0 aliphatic rings. The van der Waals surface area contributed by atoms with Gasteiger partial charge in [-0.1, -0.05) is 50.1 Å². The molecule has 23 heavy (non-hydrogen) atoms. The van der Waals surface area contributed by atoms with Crippen LogP contribution in [0.5, 0.6) is 0 Å². The zero-order valence-corrected chi connectivity index (χ0v) is 14.6. The van der Waals surface area contributed by atoms with Gasteiger partial charge in [-0.2, -0.15) is 0 Å². The van der Waals surface area contributed by atoms with Crippen LogP contribution in [-0.4, -0.2) is 31.5 Å². The molecule has 1 aromatic carbocycles. The molecule has 3 N–H and O–H groups in total. The Balaban J connectivity index is 2.54. The molecule has 5 nitrogen and oxygen atoms in total. The molecule has 0 radical (unpaired) electrons. The van der Waals surface area contributed by atoms with Gasteiger partial charge in [-0.05, 0) is 25.3 Å². The van der Waals surface area contributed by atoms with Gasteiger partial charge in [-0.25, -0.2) is 4.99 Å². The second-order valence-corrected chi connectivity index (χ2v) is 5.63. The third-order valence-electron chi connectivity index (χ3n) is 3.35. The summed E-state index contributed by atoms with van der Waals surface area (Å²) in [6.45, 7) is 8.66. The van der Waals surface area contributed by atoms with Crippen molar-refractivity contribution in [3.8, 4) is 0 Å². The lowest BCUT2D eigenvalue weighted by Gasteiger charge is -2.12. The summed E-state index contributed by atoms with van der Waals surface area (Å²) < 4.78 is 0. The highest BCUT2D eigenvalue weighted by molar-refractivity contribution is 5.86. The quantitative estimate of drug-likeness (QED) is 0.372. The number of carbonyl (C=O) groups excluding carboxylic acids is 1. The van der Waals surface area contributed by atoms with Crippen molar-refractivity contribution in [3.63, 3.8) is 0 Å². The monoisotopic (exact) mass is 318 g/mol. The summed E-state index contributed by atoms with van der Waals surface area (Å²) in [4.78, 5) is 16.3. The van der Waals surface area contributed by atoms with Gasteiger partial charge in [0.1, 0.15) is 0 Å². The lowest BCUT2D eigenvalue weighted by atomic mass is 10.1. The van der Waals surface area contributed by atoms with Gasteiger partial charge in [0.2, 0.25) is 5.91 Å². The van der Waals surface area contributed by atoms with Crippen molar-refractivity contribution in [2.45, 2.75) is 46.6 Å². The molecule has 5 heteroatoms. The van der Waals surface area contributed by atoms with Gasteiger partial charge < -0.3 is 16.0 Å². The highest BCUT2D eigenvalue weighted by Crippen LogP contribution is 2.04. The van der Waals surface area contributed by atoms with Crippen LogP contribution in [0, 0.1) is 6.92 Å². The molecule has 0 bridgehead atoms. The molecular formula is C18H30N4O. The molecule has 1 aromatic rings. The van der Waals surface area contributed by atoms with Gasteiger partial charge in [-0.3, -0.25) is 4.79 Å². The third-order valence-corrected chi connectivity index (χ3v) is 3.35. The molecule has 1 rings (SSSR count). The van der Waals surface area contributed by atoms with Crippen molar-refractivity contribution in [2.24, 2.45) is 4.99 Å². The Morgan fingerprint density at radius 1 is 1.00 bits per heavy atom. The maximum Gasteiger partial charge on any atom is 0.239 e. The number of unbranched alkanes of at least 4 members (excludes halogenated alkanes) is 1. The number of nitrogens with zero attached hydrogens (tertiary/aromatic N) is 1. The summed E-state index contributed by atoms with van der Waals surface area (Å²) >= 11 is 0. The summed E-state index contributed by atoms with van der Waals surface area (Å²) in [5, 5.41) is 9.22. The van der Waals surface area contributed by atoms with E-state index in [2.05, 4.69) is 59.1 Å². The van der Waals surface area contributed by atoms with Crippen molar-refractivity contribution in [1.82, 2.24) is 16.0 Å². The molecule has 0 unspecified atom stereocenters. The van der Waals surface area contributed by atoms with Crippen molar-refractivity contribution in [2.75, 3.05) is 19.6 Å². The molecule has 0 aliphatic carbocycles. The fourth-order valence-electron chi connectivity index (χ4n) is 1.91. The average Bonchev–Trinajstić information content (AvgIpc) is 2.56. The Morgan fingerprint density at radius 2 is 1.74 bits per heavy atom. The highest BCUT2D eigenvalue weighted by Gasteiger charge is 2.03. The van der Waals surface area contributed by atoms with E-state index in [4.69, 9.17) is 0 Å². The minimum absolute atomic E-state index is 0.00724. The number of aryl methyl sites for hydroxylation is 1. The number of nitrogens with one attached hydrogen (secondary N) is 3. The summed E-state index contributed by atoms with van der Waals surface area (Å²) in [5.41, 5.74) is 2.40. The number of amides is 1. The van der Waals surface area contributed by atoms with Crippen LogP contribution in [-0.2, 0) is 11.3 Å². The standard InChI is InChI=1S/C18H30N4O/c1-4-6-12-20-18(22-14-17(23)19-11-5-2)21-13-16-9-7-15(3)8-10-16/h7-10H,4-6,11-14H2,1-3H3,(H,19,23)(H2,20,21,22). The van der Waals surface area contributed by atoms with E-state index in [1.807, 2.05) is 6.92 Å². The summed E-state index contributed by atoms with van der Waals surface area (Å²) in [5.74, 6) is 0.679. The van der Waals surface area contributed by atoms with Crippen LogP contribution in [0.3, 0.4) is 0 Å². The van der Waals surface area contributed by atoms with E-state index in [0.717, 1.165) is 31.4 Å². The van der Waals surface area contributed by atoms with Gasteiger partial charge in [0.25, 0.3) is 0 Å². The molecule has 0 spiro atoms. The topological polar surface area (TPSA) is 65.5 Å². The third kappa shape index (κ3) is 8.86. The molecule has 0 aliphatic heterocycles. The smallest absolute Gasteiger partial charge is 0.239 e. The number of hydrogen-bond donors (Lipinski definition) is 3. The van der Waals surface area contributed by atoms with Crippen LogP contribution in [0.15, 0.2) is 29.3 Å².